The summed E-state index contributed by atoms with van der Waals surface area (Å²) in [4.78, 5) is 7.92. The molecule has 1 aromatic heterocycles. The molecule has 0 amide bonds. The van der Waals surface area contributed by atoms with E-state index in [0.717, 1.165) is 27.2 Å². The monoisotopic (exact) mass is 364 g/mol. The van der Waals surface area contributed by atoms with E-state index < -0.39 is 11.9 Å². The molecule has 1 heterocycles. The predicted octanol–water partition coefficient (Wildman–Crippen LogP) is 3.69. The van der Waals surface area contributed by atoms with Crippen LogP contribution < -0.4 is 11.3 Å². The molecule has 0 aliphatic rings. The molecule has 9 heteroatoms. The molecule has 3 N–H and O–H groups in total. The SMILES string of the molecule is NNc1nc(Sc2ccccc2Br)cc(C(F)(F)F)n1. The smallest absolute Gasteiger partial charge is 0.292 e. The topological polar surface area (TPSA) is 63.8 Å². The van der Waals surface area contributed by atoms with Gasteiger partial charge < -0.3 is 0 Å². The van der Waals surface area contributed by atoms with Crippen molar-refractivity contribution >= 4 is 33.6 Å². The highest BCUT2D eigenvalue weighted by molar-refractivity contribution is 9.10. The molecule has 0 aliphatic heterocycles. The third-order valence-electron chi connectivity index (χ3n) is 2.17. The third kappa shape index (κ3) is 3.62. The van der Waals surface area contributed by atoms with Crippen molar-refractivity contribution in [2.45, 2.75) is 16.1 Å². The van der Waals surface area contributed by atoms with E-state index in [4.69, 9.17) is 5.84 Å². The summed E-state index contributed by atoms with van der Waals surface area (Å²) in [7, 11) is 0. The first-order chi connectivity index (χ1) is 9.40. The number of hydrogen-bond donors (Lipinski definition) is 2. The van der Waals surface area contributed by atoms with Crippen LogP contribution in [-0.4, -0.2) is 9.97 Å². The van der Waals surface area contributed by atoms with E-state index in [1.807, 2.05) is 11.5 Å². The zero-order chi connectivity index (χ0) is 14.8. The minimum absolute atomic E-state index is 0.146. The van der Waals surface area contributed by atoms with Crippen molar-refractivity contribution in [1.29, 1.82) is 0 Å². The molecular formula is C11H8BrF3N4S. The summed E-state index contributed by atoms with van der Waals surface area (Å²) < 4.78 is 38.9. The number of hydrazine groups is 1. The lowest BCUT2D eigenvalue weighted by Crippen LogP contribution is -2.15. The lowest BCUT2D eigenvalue weighted by molar-refractivity contribution is -0.141. The van der Waals surface area contributed by atoms with Crippen LogP contribution in [0, 0.1) is 0 Å². The molecule has 106 valence electrons. The van der Waals surface area contributed by atoms with E-state index in [9.17, 15) is 13.2 Å². The number of aromatic nitrogens is 2. The van der Waals surface area contributed by atoms with E-state index in [-0.39, 0.29) is 11.0 Å². The van der Waals surface area contributed by atoms with Crippen molar-refractivity contribution < 1.29 is 13.2 Å². The number of nitrogens with two attached hydrogens (primary N) is 1. The summed E-state index contributed by atoms with van der Waals surface area (Å²) >= 11 is 4.40. The molecule has 0 saturated heterocycles. The minimum Gasteiger partial charge on any atom is -0.292 e. The number of benzene rings is 1. The Kier molecular flexibility index (Phi) is 4.51. The molecule has 2 rings (SSSR count). The van der Waals surface area contributed by atoms with Gasteiger partial charge >= 0.3 is 6.18 Å². The van der Waals surface area contributed by atoms with Crippen LogP contribution in [0.5, 0.6) is 0 Å². The summed E-state index contributed by atoms with van der Waals surface area (Å²) in [5.74, 6) is 4.81. The molecule has 0 unspecified atom stereocenters. The van der Waals surface area contributed by atoms with Gasteiger partial charge in [0.25, 0.3) is 0 Å². The maximum atomic E-state index is 12.7. The van der Waals surface area contributed by atoms with Gasteiger partial charge in [-0.15, -0.1) is 0 Å². The normalized spacial score (nSPS) is 11.4. The van der Waals surface area contributed by atoms with Crippen LogP contribution in [0.1, 0.15) is 5.69 Å². The van der Waals surface area contributed by atoms with E-state index >= 15 is 0 Å². The van der Waals surface area contributed by atoms with Crippen LogP contribution in [0.2, 0.25) is 0 Å². The number of nitrogens with zero attached hydrogens (tertiary/aromatic N) is 2. The highest BCUT2D eigenvalue weighted by Crippen LogP contribution is 2.35. The molecule has 0 saturated carbocycles. The van der Waals surface area contributed by atoms with Gasteiger partial charge in [0.15, 0.2) is 5.69 Å². The summed E-state index contributed by atoms with van der Waals surface area (Å²) in [5, 5.41) is 0.146. The van der Waals surface area contributed by atoms with Gasteiger partial charge in [0, 0.05) is 15.4 Å². The van der Waals surface area contributed by atoms with Crippen LogP contribution in [0.15, 0.2) is 44.7 Å². The second-order valence-corrected chi connectivity index (χ2v) is 5.51. The maximum absolute atomic E-state index is 12.7. The number of nitrogens with one attached hydrogen (secondary N) is 1. The maximum Gasteiger partial charge on any atom is 0.433 e. The highest BCUT2D eigenvalue weighted by Gasteiger charge is 2.33. The lowest BCUT2D eigenvalue weighted by atomic mass is 10.4. The fourth-order valence-electron chi connectivity index (χ4n) is 1.33. The molecule has 0 fully saturated rings. The Morgan fingerprint density at radius 3 is 2.50 bits per heavy atom. The lowest BCUT2D eigenvalue weighted by Gasteiger charge is -2.10. The van der Waals surface area contributed by atoms with E-state index in [1.54, 1.807) is 18.2 Å². The van der Waals surface area contributed by atoms with Crippen LogP contribution in [-0.2, 0) is 6.18 Å². The Balaban J connectivity index is 2.39. The standard InChI is InChI=1S/C11H8BrF3N4S/c12-6-3-1-2-4-7(6)20-9-5-8(11(13,14)15)17-10(18-9)19-16/h1-5H,16H2,(H,17,18,19). The average molecular weight is 365 g/mol. The van der Waals surface area contributed by atoms with Crippen molar-refractivity contribution in [2.75, 3.05) is 5.43 Å². The third-order valence-corrected chi connectivity index (χ3v) is 4.12. The van der Waals surface area contributed by atoms with Crippen molar-refractivity contribution in [1.82, 2.24) is 9.97 Å². The van der Waals surface area contributed by atoms with E-state index in [1.165, 1.54) is 0 Å². The predicted molar refractivity (Wildman–Crippen MR) is 73.1 cm³/mol. The van der Waals surface area contributed by atoms with Gasteiger partial charge in [-0.3, -0.25) is 5.43 Å². The Labute approximate surface area is 125 Å². The highest BCUT2D eigenvalue weighted by atomic mass is 79.9. The second kappa shape index (κ2) is 5.98. The fraction of sp³-hybridized carbons (Fsp3) is 0.0909. The number of anilines is 1. The fourth-order valence-corrected chi connectivity index (χ4v) is 2.69. The largest absolute Gasteiger partial charge is 0.433 e. The first-order valence-electron chi connectivity index (χ1n) is 5.25. The second-order valence-electron chi connectivity index (χ2n) is 3.59. The van der Waals surface area contributed by atoms with Crippen molar-refractivity contribution in [2.24, 2.45) is 5.84 Å². The van der Waals surface area contributed by atoms with Gasteiger partial charge in [-0.25, -0.2) is 15.8 Å². The zero-order valence-electron chi connectivity index (χ0n) is 9.78. The van der Waals surface area contributed by atoms with Gasteiger partial charge in [-0.05, 0) is 28.1 Å². The first-order valence-corrected chi connectivity index (χ1v) is 6.86. The molecule has 2 aromatic rings. The Hall–Kier alpha value is -1.32. The van der Waals surface area contributed by atoms with Crippen molar-refractivity contribution in [3.8, 4) is 0 Å². The molecule has 0 aliphatic carbocycles. The summed E-state index contributed by atoms with van der Waals surface area (Å²) in [5.41, 5.74) is 0.987. The minimum atomic E-state index is -4.56. The zero-order valence-corrected chi connectivity index (χ0v) is 12.2. The van der Waals surface area contributed by atoms with E-state index in [2.05, 4.69) is 25.9 Å². The molecule has 0 radical (unpaired) electrons. The molecule has 4 nitrogen and oxygen atoms in total. The Bertz CT molecular complexity index is 621. The van der Waals surface area contributed by atoms with E-state index in [0.29, 0.717) is 0 Å². The molecule has 1 aromatic carbocycles. The number of rotatable bonds is 3. The van der Waals surface area contributed by atoms with Gasteiger partial charge in [-0.2, -0.15) is 13.2 Å². The van der Waals surface area contributed by atoms with Gasteiger partial charge in [-0.1, -0.05) is 23.9 Å². The number of halogens is 4. The number of hydrogen-bond acceptors (Lipinski definition) is 5. The van der Waals surface area contributed by atoms with Crippen LogP contribution in [0.25, 0.3) is 0 Å². The Morgan fingerprint density at radius 1 is 1.20 bits per heavy atom. The average Bonchev–Trinajstić information content (AvgIpc) is 2.40. The Morgan fingerprint density at radius 2 is 1.90 bits per heavy atom. The summed E-state index contributed by atoms with van der Waals surface area (Å²) in [6, 6.07) is 8.02. The number of nitrogen functional groups attached to an aromatic ring is 1. The van der Waals surface area contributed by atoms with Crippen LogP contribution in [0.4, 0.5) is 19.1 Å². The van der Waals surface area contributed by atoms with Crippen molar-refractivity contribution in [3.05, 3.63) is 40.5 Å². The van der Waals surface area contributed by atoms with Gasteiger partial charge in [0.05, 0.1) is 0 Å². The first kappa shape index (κ1) is 15.1. The molecular weight excluding hydrogens is 357 g/mol. The molecule has 0 bridgehead atoms. The quantitative estimate of drug-likeness (QED) is 0.494. The van der Waals surface area contributed by atoms with Gasteiger partial charge in [0.1, 0.15) is 5.03 Å². The molecule has 0 spiro atoms. The summed E-state index contributed by atoms with van der Waals surface area (Å²) in [6.07, 6.45) is -4.56. The number of alkyl halides is 3. The van der Waals surface area contributed by atoms with Crippen LogP contribution in [0.3, 0.4) is 0 Å². The van der Waals surface area contributed by atoms with Gasteiger partial charge in [0.2, 0.25) is 5.95 Å². The summed E-state index contributed by atoms with van der Waals surface area (Å²) in [6.45, 7) is 0. The van der Waals surface area contributed by atoms with Crippen molar-refractivity contribution in [3.63, 3.8) is 0 Å². The molecule has 0 atom stereocenters. The molecule has 20 heavy (non-hydrogen) atoms. The van der Waals surface area contributed by atoms with Crippen LogP contribution >= 0.6 is 27.7 Å².